The second kappa shape index (κ2) is 6.31. The van der Waals surface area contributed by atoms with Gasteiger partial charge in [-0.1, -0.05) is 36.8 Å². The highest BCUT2D eigenvalue weighted by Crippen LogP contribution is 2.55. The molecule has 0 amide bonds. The van der Waals surface area contributed by atoms with Crippen LogP contribution in [-0.2, 0) is 10.3 Å². The third-order valence-electron chi connectivity index (χ3n) is 6.11. The number of ether oxygens (including phenoxy) is 1. The number of nitrogens with zero attached hydrogens (tertiary/aromatic N) is 1. The lowest BCUT2D eigenvalue weighted by molar-refractivity contribution is 0.0365. The lowest BCUT2D eigenvalue weighted by Gasteiger charge is -2.40. The highest BCUT2D eigenvalue weighted by Gasteiger charge is 2.51. The summed E-state index contributed by atoms with van der Waals surface area (Å²) in [5.74, 6) is 1.78. The lowest BCUT2D eigenvalue weighted by Crippen LogP contribution is -2.50. The van der Waals surface area contributed by atoms with Crippen molar-refractivity contribution in [2.45, 2.75) is 31.2 Å². The summed E-state index contributed by atoms with van der Waals surface area (Å²) in [6, 6.07) is 11.2. The smallest absolute Gasteiger partial charge is 0.0594 e. The molecule has 3 nitrogen and oxygen atoms in total. The van der Waals surface area contributed by atoms with Gasteiger partial charge in [0.2, 0.25) is 0 Å². The number of nitrogens with one attached hydrogen (secondary N) is 1. The largest absolute Gasteiger partial charge is 0.379 e. The molecule has 22 heavy (non-hydrogen) atoms. The predicted octanol–water partition coefficient (Wildman–Crippen LogP) is 2.62. The standard InChI is InChI=1S/C19H28N2O/c1-2-4-17(5-3-1)19(15-16-6-7-18(19)14-16)20-8-9-21-10-12-22-13-11-21/h1-5,16,18,20H,6-15H2/t16-,18+,19+/m0/s1. The Labute approximate surface area is 134 Å². The minimum atomic E-state index is 0.246. The average Bonchev–Trinajstić information content (AvgIpc) is 3.18. The molecule has 0 unspecified atom stereocenters. The van der Waals surface area contributed by atoms with Crippen LogP contribution in [0.3, 0.4) is 0 Å². The van der Waals surface area contributed by atoms with Crippen molar-refractivity contribution in [3.05, 3.63) is 35.9 Å². The van der Waals surface area contributed by atoms with Crippen LogP contribution in [0.1, 0.15) is 31.2 Å². The first-order chi connectivity index (χ1) is 10.9. The van der Waals surface area contributed by atoms with Crippen molar-refractivity contribution < 1.29 is 4.74 Å². The topological polar surface area (TPSA) is 24.5 Å². The fourth-order valence-electron chi connectivity index (χ4n) is 5.00. The van der Waals surface area contributed by atoms with Gasteiger partial charge >= 0.3 is 0 Å². The number of hydrogen-bond acceptors (Lipinski definition) is 3. The summed E-state index contributed by atoms with van der Waals surface area (Å²) in [6.45, 7) is 6.22. The highest BCUT2D eigenvalue weighted by molar-refractivity contribution is 5.29. The van der Waals surface area contributed by atoms with Gasteiger partial charge in [0.1, 0.15) is 0 Å². The quantitative estimate of drug-likeness (QED) is 0.905. The van der Waals surface area contributed by atoms with E-state index in [0.717, 1.165) is 51.2 Å². The number of fused-ring (bicyclic) bond motifs is 2. The van der Waals surface area contributed by atoms with Crippen LogP contribution in [0.4, 0.5) is 0 Å². The zero-order chi connectivity index (χ0) is 14.8. The van der Waals surface area contributed by atoms with Crippen LogP contribution in [0.5, 0.6) is 0 Å². The summed E-state index contributed by atoms with van der Waals surface area (Å²) in [4.78, 5) is 2.53. The Morgan fingerprint density at radius 3 is 2.64 bits per heavy atom. The molecule has 1 N–H and O–H groups in total. The Kier molecular flexibility index (Phi) is 4.21. The van der Waals surface area contributed by atoms with Gasteiger partial charge in [-0.05, 0) is 36.7 Å². The van der Waals surface area contributed by atoms with Crippen molar-refractivity contribution in [1.29, 1.82) is 0 Å². The van der Waals surface area contributed by atoms with Crippen molar-refractivity contribution in [1.82, 2.24) is 10.2 Å². The first-order valence-corrected chi connectivity index (χ1v) is 8.97. The molecule has 4 rings (SSSR count). The molecular formula is C19H28N2O. The van der Waals surface area contributed by atoms with Crippen LogP contribution < -0.4 is 5.32 Å². The summed E-state index contributed by atoms with van der Waals surface area (Å²) < 4.78 is 5.45. The molecule has 2 saturated carbocycles. The molecule has 3 atom stereocenters. The van der Waals surface area contributed by atoms with Crippen LogP contribution in [0, 0.1) is 11.8 Å². The fourth-order valence-corrected chi connectivity index (χ4v) is 5.00. The molecule has 1 saturated heterocycles. The summed E-state index contributed by atoms with van der Waals surface area (Å²) in [5, 5.41) is 4.01. The van der Waals surface area contributed by atoms with Gasteiger partial charge in [-0.15, -0.1) is 0 Å². The molecule has 2 bridgehead atoms. The molecule has 3 fully saturated rings. The van der Waals surface area contributed by atoms with Crippen LogP contribution in [0.2, 0.25) is 0 Å². The van der Waals surface area contributed by atoms with E-state index < -0.39 is 0 Å². The van der Waals surface area contributed by atoms with Crippen molar-refractivity contribution in [2.24, 2.45) is 11.8 Å². The van der Waals surface area contributed by atoms with E-state index in [0.29, 0.717) is 0 Å². The molecule has 3 heteroatoms. The second-order valence-corrected chi connectivity index (χ2v) is 7.30. The van der Waals surface area contributed by atoms with Gasteiger partial charge in [0.15, 0.2) is 0 Å². The molecule has 0 spiro atoms. The van der Waals surface area contributed by atoms with Crippen molar-refractivity contribution in [2.75, 3.05) is 39.4 Å². The van der Waals surface area contributed by atoms with E-state index in [1.165, 1.54) is 31.2 Å². The molecule has 1 heterocycles. The molecular weight excluding hydrogens is 272 g/mol. The Morgan fingerprint density at radius 1 is 1.14 bits per heavy atom. The molecule has 0 aromatic heterocycles. The Hall–Kier alpha value is -0.900. The normalized spacial score (nSPS) is 35.1. The minimum absolute atomic E-state index is 0.246. The van der Waals surface area contributed by atoms with Crippen molar-refractivity contribution in [3.8, 4) is 0 Å². The first kappa shape index (κ1) is 14.7. The van der Waals surface area contributed by atoms with E-state index in [1.807, 2.05) is 0 Å². The Morgan fingerprint density at radius 2 is 1.95 bits per heavy atom. The minimum Gasteiger partial charge on any atom is -0.379 e. The van der Waals surface area contributed by atoms with Crippen LogP contribution in [-0.4, -0.2) is 44.3 Å². The van der Waals surface area contributed by atoms with E-state index in [4.69, 9.17) is 4.74 Å². The van der Waals surface area contributed by atoms with Gasteiger partial charge in [0.25, 0.3) is 0 Å². The maximum absolute atomic E-state index is 5.45. The molecule has 120 valence electrons. The molecule has 2 aliphatic carbocycles. The highest BCUT2D eigenvalue weighted by atomic mass is 16.5. The van der Waals surface area contributed by atoms with E-state index >= 15 is 0 Å². The number of rotatable bonds is 5. The monoisotopic (exact) mass is 300 g/mol. The summed E-state index contributed by atoms with van der Waals surface area (Å²) >= 11 is 0. The maximum Gasteiger partial charge on any atom is 0.0594 e. The first-order valence-electron chi connectivity index (χ1n) is 8.97. The van der Waals surface area contributed by atoms with Gasteiger partial charge in [-0.25, -0.2) is 0 Å². The lowest BCUT2D eigenvalue weighted by atomic mass is 9.75. The molecule has 3 aliphatic rings. The van der Waals surface area contributed by atoms with E-state index in [2.05, 4.69) is 40.5 Å². The van der Waals surface area contributed by atoms with Gasteiger partial charge < -0.3 is 10.1 Å². The van der Waals surface area contributed by atoms with E-state index in [9.17, 15) is 0 Å². The van der Waals surface area contributed by atoms with Crippen LogP contribution >= 0.6 is 0 Å². The number of benzene rings is 1. The molecule has 0 radical (unpaired) electrons. The third kappa shape index (κ3) is 2.70. The van der Waals surface area contributed by atoms with E-state index in [-0.39, 0.29) is 5.54 Å². The fraction of sp³-hybridized carbons (Fsp3) is 0.684. The number of hydrogen-bond donors (Lipinski definition) is 1. The third-order valence-corrected chi connectivity index (χ3v) is 6.11. The second-order valence-electron chi connectivity index (χ2n) is 7.30. The SMILES string of the molecule is c1ccc([C@]2(NCCN3CCOCC3)C[C@H]3CC[C@@H]2C3)cc1. The summed E-state index contributed by atoms with van der Waals surface area (Å²) in [6.07, 6.45) is 5.62. The van der Waals surface area contributed by atoms with Gasteiger partial charge in [0.05, 0.1) is 13.2 Å². The summed E-state index contributed by atoms with van der Waals surface area (Å²) in [5.41, 5.74) is 1.76. The van der Waals surface area contributed by atoms with Crippen LogP contribution in [0.15, 0.2) is 30.3 Å². The van der Waals surface area contributed by atoms with Gasteiger partial charge in [-0.3, -0.25) is 4.90 Å². The Bertz CT molecular complexity index is 485. The Balaban J connectivity index is 1.45. The zero-order valence-corrected chi connectivity index (χ0v) is 13.5. The zero-order valence-electron chi connectivity index (χ0n) is 13.5. The molecule has 1 aliphatic heterocycles. The molecule has 1 aromatic carbocycles. The molecule has 1 aromatic rings. The van der Waals surface area contributed by atoms with Crippen LogP contribution in [0.25, 0.3) is 0 Å². The van der Waals surface area contributed by atoms with Crippen molar-refractivity contribution >= 4 is 0 Å². The van der Waals surface area contributed by atoms with Gasteiger partial charge in [0, 0.05) is 31.7 Å². The van der Waals surface area contributed by atoms with E-state index in [1.54, 1.807) is 0 Å². The van der Waals surface area contributed by atoms with Crippen molar-refractivity contribution in [3.63, 3.8) is 0 Å². The van der Waals surface area contributed by atoms with Gasteiger partial charge in [-0.2, -0.15) is 0 Å². The number of morpholine rings is 1. The summed E-state index contributed by atoms with van der Waals surface area (Å²) in [7, 11) is 0. The maximum atomic E-state index is 5.45. The predicted molar refractivity (Wildman–Crippen MR) is 88.8 cm³/mol. The average molecular weight is 300 g/mol.